The number of alkyl halides is 3. The van der Waals surface area contributed by atoms with Crippen LogP contribution in [-0.4, -0.2) is 60.1 Å². The fourth-order valence-corrected chi connectivity index (χ4v) is 3.00. The number of ether oxygens (including phenoxy) is 3. The highest BCUT2D eigenvalue weighted by atomic mass is 32.2. The van der Waals surface area contributed by atoms with E-state index in [-0.39, 0.29) is 29.9 Å². The molecule has 34 heavy (non-hydrogen) atoms. The van der Waals surface area contributed by atoms with E-state index >= 15 is 0 Å². The van der Waals surface area contributed by atoms with Gasteiger partial charge in [0.1, 0.15) is 5.75 Å². The van der Waals surface area contributed by atoms with Gasteiger partial charge in [-0.1, -0.05) is 18.2 Å². The first kappa shape index (κ1) is 27.0. The first-order valence-electron chi connectivity index (χ1n) is 9.24. The molecule has 0 aliphatic carbocycles. The molecule has 0 fully saturated rings. The Labute approximate surface area is 192 Å². The molecule has 0 spiro atoms. The number of carbonyl (C=O) groups excluding carboxylic acids is 2. The number of carbonyl (C=O) groups is 2. The zero-order valence-electron chi connectivity index (χ0n) is 17.8. The molecule has 0 radical (unpaired) electrons. The predicted octanol–water partition coefficient (Wildman–Crippen LogP) is 3.08. The quantitative estimate of drug-likeness (QED) is 0.0851. The van der Waals surface area contributed by atoms with E-state index in [9.17, 15) is 31.2 Å². The molecule has 0 saturated carbocycles. The van der Waals surface area contributed by atoms with Crippen molar-refractivity contribution in [2.45, 2.75) is 5.51 Å². The van der Waals surface area contributed by atoms with Crippen LogP contribution >= 0.6 is 0 Å². The molecule has 0 aliphatic heterocycles. The van der Waals surface area contributed by atoms with E-state index in [0.29, 0.717) is 0 Å². The Morgan fingerprint density at radius 2 is 1.59 bits per heavy atom. The Hall–Kier alpha value is -3.20. The van der Waals surface area contributed by atoms with Crippen molar-refractivity contribution in [3.8, 4) is 16.9 Å². The smallest absolute Gasteiger partial charge is 0.435 e. The molecule has 2 rings (SSSR count). The summed E-state index contributed by atoms with van der Waals surface area (Å²) in [6, 6.07) is 8.46. The van der Waals surface area contributed by atoms with Gasteiger partial charge in [-0.2, -0.15) is 26.5 Å². The van der Waals surface area contributed by atoms with E-state index in [1.807, 2.05) is 0 Å². The topological polar surface area (TPSA) is 124 Å². The van der Waals surface area contributed by atoms with Crippen LogP contribution in [0.3, 0.4) is 0 Å². The van der Waals surface area contributed by atoms with Gasteiger partial charge in [0.25, 0.3) is 0 Å². The zero-order valence-corrected chi connectivity index (χ0v) is 18.6. The monoisotopic (exact) mass is 508 g/mol. The van der Waals surface area contributed by atoms with Crippen molar-refractivity contribution in [3.05, 3.63) is 53.6 Å². The molecule has 0 N–H and O–H groups in total. The Morgan fingerprint density at radius 1 is 0.912 bits per heavy atom. The van der Waals surface area contributed by atoms with Crippen LogP contribution in [-0.2, 0) is 34.1 Å². The van der Waals surface area contributed by atoms with Gasteiger partial charge >= 0.3 is 27.6 Å². The highest BCUT2D eigenvalue weighted by Gasteiger charge is 2.48. The second-order valence-corrected chi connectivity index (χ2v) is 7.76. The number of methoxy groups -OCH3 is 1. The van der Waals surface area contributed by atoms with E-state index in [4.69, 9.17) is 14.2 Å². The van der Waals surface area contributed by atoms with Crippen molar-refractivity contribution in [2.75, 3.05) is 34.2 Å². The van der Waals surface area contributed by atoms with Crippen LogP contribution < -0.4 is 4.18 Å². The molecule has 14 heteroatoms. The lowest BCUT2D eigenvalue weighted by atomic mass is 9.95. The maximum absolute atomic E-state index is 12.7. The number of hydrogen-bond donors (Lipinski definition) is 0. The maximum Gasteiger partial charge on any atom is 0.534 e. The molecule has 0 amide bonds. The molecule has 0 aliphatic rings. The van der Waals surface area contributed by atoms with Gasteiger partial charge in [0.15, 0.2) is 6.79 Å². The fourth-order valence-electron chi connectivity index (χ4n) is 2.54. The Kier molecular flexibility index (Phi) is 9.37. The molecule has 186 valence electrons. The van der Waals surface area contributed by atoms with E-state index in [0.717, 1.165) is 25.3 Å². The third-order valence-electron chi connectivity index (χ3n) is 4.00. The van der Waals surface area contributed by atoms with Gasteiger partial charge in [0.05, 0.1) is 31.5 Å². The minimum Gasteiger partial charge on any atom is -0.435 e. The van der Waals surface area contributed by atoms with Crippen molar-refractivity contribution in [3.63, 3.8) is 0 Å². The van der Waals surface area contributed by atoms with Gasteiger partial charge in [-0.05, 0) is 35.4 Å². The summed E-state index contributed by atoms with van der Waals surface area (Å²) in [7, 11) is -3.49. The second kappa shape index (κ2) is 11.8. The molecular formula is C20H19F3O10S. The summed E-state index contributed by atoms with van der Waals surface area (Å²) in [5.41, 5.74) is -6.06. The van der Waals surface area contributed by atoms with Crippen molar-refractivity contribution < 1.29 is 59.3 Å². The highest BCUT2D eigenvalue weighted by molar-refractivity contribution is 7.88. The SMILES string of the molecule is COCCOCOC(=O)c1cc(OS(=O)(=O)C(F)(F)F)ccc1-c1ccccc1C(=O)OOC. The summed E-state index contributed by atoms with van der Waals surface area (Å²) >= 11 is 0. The Morgan fingerprint density at radius 3 is 2.24 bits per heavy atom. The van der Waals surface area contributed by atoms with Crippen molar-refractivity contribution in [2.24, 2.45) is 0 Å². The molecule has 2 aromatic carbocycles. The summed E-state index contributed by atoms with van der Waals surface area (Å²) in [6.07, 6.45) is 0. The Bertz CT molecular complexity index is 1120. The van der Waals surface area contributed by atoms with E-state index < -0.39 is 45.7 Å². The third kappa shape index (κ3) is 6.90. The van der Waals surface area contributed by atoms with Gasteiger partial charge in [-0.15, -0.1) is 0 Å². The van der Waals surface area contributed by atoms with Gasteiger partial charge < -0.3 is 18.4 Å². The average Bonchev–Trinajstić information content (AvgIpc) is 2.78. The highest BCUT2D eigenvalue weighted by Crippen LogP contribution is 2.33. The molecule has 0 aromatic heterocycles. The fraction of sp³-hybridized carbons (Fsp3) is 0.300. The van der Waals surface area contributed by atoms with Crippen LogP contribution in [0.15, 0.2) is 42.5 Å². The van der Waals surface area contributed by atoms with E-state index in [2.05, 4.69) is 14.0 Å². The van der Waals surface area contributed by atoms with Crippen LogP contribution in [0.25, 0.3) is 11.1 Å². The summed E-state index contributed by atoms with van der Waals surface area (Å²) in [4.78, 5) is 33.8. The molecule has 0 bridgehead atoms. The molecule has 0 unspecified atom stereocenters. The number of halogens is 3. The number of esters is 1. The van der Waals surface area contributed by atoms with Gasteiger partial charge in [-0.25, -0.2) is 9.59 Å². The minimum atomic E-state index is -6.01. The van der Waals surface area contributed by atoms with Crippen LogP contribution in [0.5, 0.6) is 5.75 Å². The van der Waals surface area contributed by atoms with Crippen LogP contribution in [0.2, 0.25) is 0 Å². The number of rotatable bonds is 11. The summed E-state index contributed by atoms with van der Waals surface area (Å²) in [5, 5.41) is 0. The summed E-state index contributed by atoms with van der Waals surface area (Å²) < 4.78 is 79.7. The van der Waals surface area contributed by atoms with Crippen molar-refractivity contribution in [1.82, 2.24) is 0 Å². The second-order valence-electron chi connectivity index (χ2n) is 6.22. The largest absolute Gasteiger partial charge is 0.534 e. The predicted molar refractivity (Wildman–Crippen MR) is 108 cm³/mol. The molecule has 0 heterocycles. The number of hydrogen-bond acceptors (Lipinski definition) is 10. The zero-order chi connectivity index (χ0) is 25.4. The first-order chi connectivity index (χ1) is 16.0. The number of benzene rings is 2. The first-order valence-corrected chi connectivity index (χ1v) is 10.7. The third-order valence-corrected chi connectivity index (χ3v) is 4.98. The van der Waals surface area contributed by atoms with Crippen LogP contribution in [0.4, 0.5) is 13.2 Å². The minimum absolute atomic E-state index is 0.00213. The van der Waals surface area contributed by atoms with Crippen molar-refractivity contribution in [1.29, 1.82) is 0 Å². The summed E-state index contributed by atoms with van der Waals surface area (Å²) in [6.45, 7) is -0.257. The maximum atomic E-state index is 12.7. The lowest BCUT2D eigenvalue weighted by Gasteiger charge is -2.15. The summed E-state index contributed by atoms with van der Waals surface area (Å²) in [5.74, 6) is -2.84. The lowest BCUT2D eigenvalue weighted by molar-refractivity contribution is -0.216. The Balaban J connectivity index is 2.50. The van der Waals surface area contributed by atoms with Crippen LogP contribution in [0.1, 0.15) is 20.7 Å². The standard InChI is InChI=1S/C20H19F3O10S/c1-28-9-10-30-12-31-18(24)17-11-13(33-34(26,27)20(21,22)23)7-8-15(17)14-5-3-4-6-16(14)19(25)32-29-2/h3-8,11H,9-10,12H2,1-2H3. The normalized spacial score (nSPS) is 11.7. The van der Waals surface area contributed by atoms with Gasteiger partial charge in [0.2, 0.25) is 0 Å². The van der Waals surface area contributed by atoms with E-state index in [1.54, 1.807) is 0 Å². The van der Waals surface area contributed by atoms with E-state index in [1.165, 1.54) is 31.4 Å². The lowest BCUT2D eigenvalue weighted by Crippen LogP contribution is -2.28. The van der Waals surface area contributed by atoms with Crippen LogP contribution in [0, 0.1) is 0 Å². The molecule has 10 nitrogen and oxygen atoms in total. The van der Waals surface area contributed by atoms with Gasteiger partial charge in [0, 0.05) is 7.11 Å². The average molecular weight is 508 g/mol. The molecule has 2 aromatic rings. The van der Waals surface area contributed by atoms with Gasteiger partial charge in [-0.3, -0.25) is 4.89 Å². The molecular weight excluding hydrogens is 489 g/mol. The van der Waals surface area contributed by atoms with Crippen molar-refractivity contribution >= 4 is 22.1 Å². The molecule has 0 saturated heterocycles. The molecule has 0 atom stereocenters.